The van der Waals surface area contributed by atoms with Crippen LogP contribution >= 0.6 is 0 Å². The van der Waals surface area contributed by atoms with E-state index in [1.807, 2.05) is 24.3 Å². The van der Waals surface area contributed by atoms with Crippen LogP contribution in [0.5, 0.6) is 5.75 Å². The number of para-hydroxylation sites is 1. The zero-order chi connectivity index (χ0) is 14.8. The van der Waals surface area contributed by atoms with E-state index in [0.717, 1.165) is 36.7 Å². The van der Waals surface area contributed by atoms with Crippen LogP contribution < -0.4 is 4.74 Å². The highest BCUT2D eigenvalue weighted by molar-refractivity contribution is 5.62. The van der Waals surface area contributed by atoms with Crippen LogP contribution in [0, 0.1) is 0 Å². The summed E-state index contributed by atoms with van der Waals surface area (Å²) in [5.41, 5.74) is 0.845. The second-order valence-electron chi connectivity index (χ2n) is 5.72. The number of hydrogen-bond acceptors (Lipinski definition) is 5. The van der Waals surface area contributed by atoms with Gasteiger partial charge in [0.1, 0.15) is 5.75 Å². The first kappa shape index (κ1) is 14.1. The van der Waals surface area contributed by atoms with E-state index in [-0.39, 0.29) is 0 Å². The smallest absolute Gasteiger partial charge is 0.251 e. The molecule has 1 unspecified atom stereocenters. The molecule has 2 heterocycles. The van der Waals surface area contributed by atoms with E-state index in [2.05, 4.69) is 28.9 Å². The van der Waals surface area contributed by atoms with Gasteiger partial charge in [-0.2, -0.15) is 0 Å². The maximum absolute atomic E-state index is 5.90. The molecule has 112 valence electrons. The summed E-state index contributed by atoms with van der Waals surface area (Å²) in [5.74, 6) is 2.36. The van der Waals surface area contributed by atoms with E-state index >= 15 is 0 Å². The molecule has 21 heavy (non-hydrogen) atoms. The number of hydrogen-bond donors (Lipinski definition) is 0. The molecular weight excluding hydrogens is 266 g/mol. The highest BCUT2D eigenvalue weighted by Gasteiger charge is 2.29. The Labute approximate surface area is 124 Å². The first-order valence-electron chi connectivity index (χ1n) is 7.40. The summed E-state index contributed by atoms with van der Waals surface area (Å²) < 4.78 is 11.2. The molecule has 0 spiro atoms. The van der Waals surface area contributed by atoms with E-state index < -0.39 is 0 Å². The summed E-state index contributed by atoms with van der Waals surface area (Å²) in [6.45, 7) is 6.52. The van der Waals surface area contributed by atoms with Crippen molar-refractivity contribution in [1.82, 2.24) is 15.1 Å². The standard InChI is InChI=1S/C16H21N3O2/c1-11(2)19-9-8-12(10-19)15-17-18-16(21-15)13-6-4-5-7-14(13)20-3/h4-7,11-12H,8-10H2,1-3H3. The third-order valence-corrected chi connectivity index (χ3v) is 4.08. The van der Waals surface area contributed by atoms with Crippen LogP contribution in [-0.4, -0.2) is 41.3 Å². The van der Waals surface area contributed by atoms with E-state index in [4.69, 9.17) is 9.15 Å². The SMILES string of the molecule is COc1ccccc1-c1nnc(C2CCN(C(C)C)C2)o1. The van der Waals surface area contributed by atoms with Crippen LogP contribution in [-0.2, 0) is 0 Å². The number of methoxy groups -OCH3 is 1. The van der Waals surface area contributed by atoms with E-state index in [0.29, 0.717) is 17.9 Å². The molecule has 1 saturated heterocycles. The monoisotopic (exact) mass is 287 g/mol. The molecule has 1 aromatic heterocycles. The number of likely N-dealkylation sites (tertiary alicyclic amines) is 1. The number of rotatable bonds is 4. The molecule has 0 aliphatic carbocycles. The van der Waals surface area contributed by atoms with Crippen LogP contribution in [0.15, 0.2) is 28.7 Å². The first-order valence-corrected chi connectivity index (χ1v) is 7.40. The Morgan fingerprint density at radius 1 is 1.29 bits per heavy atom. The van der Waals surface area contributed by atoms with Gasteiger partial charge in [-0.25, -0.2) is 0 Å². The molecular formula is C16H21N3O2. The van der Waals surface area contributed by atoms with Crippen LogP contribution in [0.25, 0.3) is 11.5 Å². The molecule has 2 aromatic rings. The van der Waals surface area contributed by atoms with Gasteiger partial charge in [-0.3, -0.25) is 0 Å². The predicted octanol–water partition coefficient (Wildman–Crippen LogP) is 2.94. The molecule has 0 saturated carbocycles. The Hall–Kier alpha value is -1.88. The van der Waals surface area contributed by atoms with E-state index in [9.17, 15) is 0 Å². The van der Waals surface area contributed by atoms with Crippen molar-refractivity contribution in [3.8, 4) is 17.2 Å². The largest absolute Gasteiger partial charge is 0.496 e. The zero-order valence-corrected chi connectivity index (χ0v) is 12.7. The summed E-state index contributed by atoms with van der Waals surface area (Å²) in [6, 6.07) is 8.27. The molecule has 0 amide bonds. The van der Waals surface area contributed by atoms with Crippen molar-refractivity contribution < 1.29 is 9.15 Å². The van der Waals surface area contributed by atoms with Gasteiger partial charge < -0.3 is 14.1 Å². The molecule has 1 aliphatic heterocycles. The van der Waals surface area contributed by atoms with Crippen molar-refractivity contribution in [3.63, 3.8) is 0 Å². The maximum Gasteiger partial charge on any atom is 0.251 e. The lowest BCUT2D eigenvalue weighted by atomic mass is 10.1. The lowest BCUT2D eigenvalue weighted by Gasteiger charge is -2.19. The van der Waals surface area contributed by atoms with Crippen LogP contribution in [0.1, 0.15) is 32.1 Å². The zero-order valence-electron chi connectivity index (χ0n) is 12.7. The lowest BCUT2D eigenvalue weighted by Crippen LogP contribution is -2.27. The van der Waals surface area contributed by atoms with Gasteiger partial charge in [-0.05, 0) is 38.9 Å². The van der Waals surface area contributed by atoms with Gasteiger partial charge in [-0.15, -0.1) is 10.2 Å². The van der Waals surface area contributed by atoms with Crippen molar-refractivity contribution >= 4 is 0 Å². The Morgan fingerprint density at radius 2 is 2.10 bits per heavy atom. The maximum atomic E-state index is 5.90. The Bertz CT molecular complexity index is 609. The average Bonchev–Trinajstić information content (AvgIpc) is 3.16. The van der Waals surface area contributed by atoms with Gasteiger partial charge in [0.2, 0.25) is 5.89 Å². The number of nitrogens with zero attached hydrogens (tertiary/aromatic N) is 3. The van der Waals surface area contributed by atoms with Crippen molar-refractivity contribution in [1.29, 1.82) is 0 Å². The third kappa shape index (κ3) is 2.78. The quantitative estimate of drug-likeness (QED) is 0.865. The number of aromatic nitrogens is 2. The summed E-state index contributed by atoms with van der Waals surface area (Å²) in [4.78, 5) is 2.44. The predicted molar refractivity (Wildman–Crippen MR) is 80.4 cm³/mol. The van der Waals surface area contributed by atoms with Gasteiger partial charge in [0, 0.05) is 12.6 Å². The van der Waals surface area contributed by atoms with E-state index in [1.54, 1.807) is 7.11 Å². The number of ether oxygens (including phenoxy) is 1. The second kappa shape index (κ2) is 5.85. The van der Waals surface area contributed by atoms with Gasteiger partial charge in [0.25, 0.3) is 5.89 Å². The van der Waals surface area contributed by atoms with E-state index in [1.165, 1.54) is 0 Å². The average molecular weight is 287 g/mol. The molecule has 1 fully saturated rings. The Morgan fingerprint density at radius 3 is 2.81 bits per heavy atom. The van der Waals surface area contributed by atoms with Crippen molar-refractivity contribution in [2.45, 2.75) is 32.2 Å². The minimum atomic E-state index is 0.336. The minimum Gasteiger partial charge on any atom is -0.496 e. The van der Waals surface area contributed by atoms with Crippen molar-refractivity contribution in [3.05, 3.63) is 30.2 Å². The highest BCUT2D eigenvalue weighted by Crippen LogP contribution is 2.32. The second-order valence-corrected chi connectivity index (χ2v) is 5.72. The summed E-state index contributed by atoms with van der Waals surface area (Å²) in [6.07, 6.45) is 1.08. The fourth-order valence-electron chi connectivity index (χ4n) is 2.79. The third-order valence-electron chi connectivity index (χ3n) is 4.08. The normalized spacial score (nSPS) is 19.3. The summed E-state index contributed by atoms with van der Waals surface area (Å²) in [5, 5.41) is 8.44. The molecule has 1 aromatic carbocycles. The minimum absolute atomic E-state index is 0.336. The van der Waals surface area contributed by atoms with Crippen molar-refractivity contribution in [2.24, 2.45) is 0 Å². The van der Waals surface area contributed by atoms with Crippen LogP contribution in [0.3, 0.4) is 0 Å². The molecule has 0 bridgehead atoms. The fraction of sp³-hybridized carbons (Fsp3) is 0.500. The molecule has 5 heteroatoms. The molecule has 0 radical (unpaired) electrons. The molecule has 1 atom stereocenters. The fourth-order valence-corrected chi connectivity index (χ4v) is 2.79. The topological polar surface area (TPSA) is 51.4 Å². The van der Waals surface area contributed by atoms with Crippen LogP contribution in [0.4, 0.5) is 0 Å². The van der Waals surface area contributed by atoms with Gasteiger partial charge >= 0.3 is 0 Å². The summed E-state index contributed by atoms with van der Waals surface area (Å²) in [7, 11) is 1.65. The highest BCUT2D eigenvalue weighted by atomic mass is 16.5. The Kier molecular flexibility index (Phi) is 3.92. The molecule has 3 rings (SSSR count). The van der Waals surface area contributed by atoms with Gasteiger partial charge in [0.15, 0.2) is 0 Å². The van der Waals surface area contributed by atoms with Crippen LogP contribution in [0.2, 0.25) is 0 Å². The summed E-state index contributed by atoms with van der Waals surface area (Å²) >= 11 is 0. The molecule has 5 nitrogen and oxygen atoms in total. The number of benzene rings is 1. The molecule has 1 aliphatic rings. The Balaban J connectivity index is 1.81. The van der Waals surface area contributed by atoms with Gasteiger partial charge in [0.05, 0.1) is 18.6 Å². The first-order chi connectivity index (χ1) is 10.2. The molecule has 0 N–H and O–H groups in total. The van der Waals surface area contributed by atoms with Gasteiger partial charge in [-0.1, -0.05) is 12.1 Å². The lowest BCUT2D eigenvalue weighted by molar-refractivity contribution is 0.269. The van der Waals surface area contributed by atoms with Crippen molar-refractivity contribution in [2.75, 3.05) is 20.2 Å².